The third kappa shape index (κ3) is 4.53. The molecule has 0 bridgehead atoms. The van der Waals surface area contributed by atoms with Crippen molar-refractivity contribution in [3.8, 4) is 0 Å². The molecule has 2 aliphatic heterocycles. The number of carbonyl (C=O) groups excluding carboxylic acids is 2. The number of hydrogen-bond acceptors (Lipinski definition) is 6. The van der Waals surface area contributed by atoms with Gasteiger partial charge in [-0.3, -0.25) is 9.59 Å². The van der Waals surface area contributed by atoms with Gasteiger partial charge in [0.1, 0.15) is 4.21 Å². The van der Waals surface area contributed by atoms with E-state index in [4.69, 9.17) is 0 Å². The normalized spacial score (nSPS) is 19.1. The highest BCUT2D eigenvalue weighted by Gasteiger charge is 2.42. The molecular weight excluding hydrogens is 440 g/mol. The first-order valence-electron chi connectivity index (χ1n) is 9.84. The predicted octanol–water partition coefficient (Wildman–Crippen LogP) is 3.38. The maximum absolute atomic E-state index is 12.9. The molecule has 1 spiro atoms. The molecule has 0 N–H and O–H groups in total. The van der Waals surface area contributed by atoms with E-state index in [1.165, 1.54) is 6.07 Å². The van der Waals surface area contributed by atoms with Crippen LogP contribution in [0.15, 0.2) is 39.2 Å². The number of rotatable bonds is 4. The van der Waals surface area contributed by atoms with Gasteiger partial charge in [0.25, 0.3) is 5.91 Å². The van der Waals surface area contributed by atoms with Gasteiger partial charge < -0.3 is 9.80 Å². The van der Waals surface area contributed by atoms with Crippen molar-refractivity contribution in [1.82, 2.24) is 9.80 Å². The fourth-order valence-electron chi connectivity index (χ4n) is 4.15. The Balaban J connectivity index is 1.34. The summed E-state index contributed by atoms with van der Waals surface area (Å²) in [5.74, 6) is -0.0575. The molecule has 2 fully saturated rings. The van der Waals surface area contributed by atoms with Crippen molar-refractivity contribution < 1.29 is 18.0 Å². The van der Waals surface area contributed by atoms with Crippen LogP contribution in [0, 0.1) is 5.41 Å². The summed E-state index contributed by atoms with van der Waals surface area (Å²) in [5.41, 5.74) is 1.10. The van der Waals surface area contributed by atoms with Gasteiger partial charge in [-0.25, -0.2) is 8.42 Å². The third-order valence-electron chi connectivity index (χ3n) is 5.98. The molecule has 0 saturated carbocycles. The van der Waals surface area contributed by atoms with Gasteiger partial charge >= 0.3 is 0 Å². The van der Waals surface area contributed by atoms with Crippen LogP contribution in [-0.2, 0) is 14.6 Å². The second-order valence-corrected chi connectivity index (χ2v) is 12.2. The molecule has 2 aromatic heterocycles. The van der Waals surface area contributed by atoms with Gasteiger partial charge in [-0.15, -0.1) is 11.3 Å². The average molecular weight is 465 g/mol. The molecule has 0 aromatic carbocycles. The van der Waals surface area contributed by atoms with Gasteiger partial charge in [-0.2, -0.15) is 11.3 Å². The minimum absolute atomic E-state index is 0.0360. The maximum atomic E-state index is 12.9. The Hall–Kier alpha value is -1.97. The van der Waals surface area contributed by atoms with Crippen LogP contribution in [-0.4, -0.2) is 62.5 Å². The summed E-state index contributed by atoms with van der Waals surface area (Å²) in [6.07, 6.45) is 7.34. The molecule has 0 unspecified atom stereocenters. The Bertz CT molecular complexity index is 1060. The summed E-state index contributed by atoms with van der Waals surface area (Å²) >= 11 is 2.64. The van der Waals surface area contributed by atoms with E-state index in [-0.39, 0.29) is 21.4 Å². The molecule has 2 aliphatic rings. The Labute approximate surface area is 184 Å². The largest absolute Gasteiger partial charge is 0.339 e. The standard InChI is InChI=1S/C21H24N2O4S3/c1-30(26,27)19-5-3-17(29-19)20(25)23-12-9-21(15-23)7-10-22(11-8-21)18(24)4-2-16-6-13-28-14-16/h2-6,13-14H,7-12,15H2,1H3/b4-2+. The van der Waals surface area contributed by atoms with Crippen molar-refractivity contribution >= 4 is 50.4 Å². The van der Waals surface area contributed by atoms with Crippen LogP contribution in [0.5, 0.6) is 0 Å². The van der Waals surface area contributed by atoms with Crippen molar-refractivity contribution in [3.63, 3.8) is 0 Å². The fourth-order valence-corrected chi connectivity index (χ4v) is 6.67. The number of thiophene rings is 2. The van der Waals surface area contributed by atoms with E-state index in [2.05, 4.69) is 0 Å². The highest BCUT2D eigenvalue weighted by molar-refractivity contribution is 7.92. The summed E-state index contributed by atoms with van der Waals surface area (Å²) in [6, 6.07) is 5.10. The van der Waals surface area contributed by atoms with Crippen molar-refractivity contribution in [1.29, 1.82) is 0 Å². The average Bonchev–Trinajstić information content (AvgIpc) is 3.47. The molecule has 30 heavy (non-hydrogen) atoms. The molecule has 160 valence electrons. The van der Waals surface area contributed by atoms with E-state index in [1.807, 2.05) is 32.7 Å². The van der Waals surface area contributed by atoms with Crippen molar-refractivity contribution in [2.75, 3.05) is 32.4 Å². The minimum Gasteiger partial charge on any atom is -0.339 e. The zero-order chi connectivity index (χ0) is 21.4. The van der Waals surface area contributed by atoms with Gasteiger partial charge in [0.2, 0.25) is 5.91 Å². The van der Waals surface area contributed by atoms with Crippen LogP contribution in [0.1, 0.15) is 34.5 Å². The zero-order valence-electron chi connectivity index (χ0n) is 16.7. The van der Waals surface area contributed by atoms with Crippen LogP contribution in [0.25, 0.3) is 6.08 Å². The number of carbonyl (C=O) groups is 2. The van der Waals surface area contributed by atoms with Gasteiger partial charge in [-0.1, -0.05) is 0 Å². The summed E-state index contributed by atoms with van der Waals surface area (Å²) in [5, 5.41) is 3.99. The monoisotopic (exact) mass is 464 g/mol. The Kier molecular flexibility index (Phi) is 5.87. The number of hydrogen-bond donors (Lipinski definition) is 0. The zero-order valence-corrected chi connectivity index (χ0v) is 19.2. The predicted molar refractivity (Wildman–Crippen MR) is 120 cm³/mol. The highest BCUT2D eigenvalue weighted by Crippen LogP contribution is 2.41. The Morgan fingerprint density at radius 1 is 1.07 bits per heavy atom. The topological polar surface area (TPSA) is 74.8 Å². The highest BCUT2D eigenvalue weighted by atomic mass is 32.2. The molecule has 6 nitrogen and oxygen atoms in total. The molecule has 2 saturated heterocycles. The van der Waals surface area contributed by atoms with Gasteiger partial charge in [0.15, 0.2) is 9.84 Å². The van der Waals surface area contributed by atoms with Crippen molar-refractivity contribution in [3.05, 3.63) is 45.5 Å². The van der Waals surface area contributed by atoms with Gasteiger partial charge in [-0.05, 0) is 65.3 Å². The van der Waals surface area contributed by atoms with E-state index in [0.717, 1.165) is 42.4 Å². The minimum atomic E-state index is -3.29. The summed E-state index contributed by atoms with van der Waals surface area (Å²) < 4.78 is 23.6. The lowest BCUT2D eigenvalue weighted by molar-refractivity contribution is -0.128. The molecule has 9 heteroatoms. The van der Waals surface area contributed by atoms with Gasteiger partial charge in [0.05, 0.1) is 4.88 Å². The van der Waals surface area contributed by atoms with Crippen molar-refractivity contribution in [2.45, 2.75) is 23.5 Å². The Morgan fingerprint density at radius 2 is 1.77 bits per heavy atom. The molecular formula is C21H24N2O4S3. The number of sulfone groups is 1. The van der Waals surface area contributed by atoms with E-state index in [1.54, 1.807) is 23.5 Å². The lowest BCUT2D eigenvalue weighted by Gasteiger charge is -2.38. The molecule has 0 radical (unpaired) electrons. The molecule has 2 aromatic rings. The third-order valence-corrected chi connectivity index (χ3v) is 9.58. The first-order valence-corrected chi connectivity index (χ1v) is 13.5. The lowest BCUT2D eigenvalue weighted by Crippen LogP contribution is -2.44. The van der Waals surface area contributed by atoms with Crippen molar-refractivity contribution in [2.24, 2.45) is 5.41 Å². The second-order valence-electron chi connectivity index (χ2n) is 8.08. The van der Waals surface area contributed by atoms with E-state index < -0.39 is 9.84 Å². The summed E-state index contributed by atoms with van der Waals surface area (Å²) in [7, 11) is -3.29. The van der Waals surface area contributed by atoms with Crippen LogP contribution < -0.4 is 0 Å². The van der Waals surface area contributed by atoms with E-state index in [9.17, 15) is 18.0 Å². The van der Waals surface area contributed by atoms with E-state index in [0.29, 0.717) is 31.1 Å². The lowest BCUT2D eigenvalue weighted by atomic mass is 9.78. The number of amides is 2. The van der Waals surface area contributed by atoms with E-state index >= 15 is 0 Å². The summed E-state index contributed by atoms with van der Waals surface area (Å²) in [6.45, 7) is 2.75. The second kappa shape index (κ2) is 8.28. The maximum Gasteiger partial charge on any atom is 0.263 e. The molecule has 0 atom stereocenters. The molecule has 4 rings (SSSR count). The van der Waals surface area contributed by atoms with Crippen LogP contribution in [0.3, 0.4) is 0 Å². The summed E-state index contributed by atoms with van der Waals surface area (Å²) in [4.78, 5) is 29.5. The van der Waals surface area contributed by atoms with Crippen LogP contribution in [0.4, 0.5) is 0 Å². The number of piperidine rings is 1. The quantitative estimate of drug-likeness (QED) is 0.650. The number of likely N-dealkylation sites (tertiary alicyclic amines) is 2. The first kappa shape index (κ1) is 21.3. The fraction of sp³-hybridized carbons (Fsp3) is 0.429. The molecule has 4 heterocycles. The Morgan fingerprint density at radius 3 is 2.37 bits per heavy atom. The molecule has 2 amide bonds. The smallest absolute Gasteiger partial charge is 0.263 e. The van der Waals surface area contributed by atoms with Crippen LogP contribution >= 0.6 is 22.7 Å². The SMILES string of the molecule is CS(=O)(=O)c1ccc(C(=O)N2CCC3(CCN(C(=O)/C=C/c4ccsc4)CC3)C2)s1. The first-order chi connectivity index (χ1) is 14.3. The number of nitrogens with zero attached hydrogens (tertiary/aromatic N) is 2. The van der Waals surface area contributed by atoms with Gasteiger partial charge in [0, 0.05) is 38.5 Å². The molecule has 0 aliphatic carbocycles. The van der Waals surface area contributed by atoms with Crippen LogP contribution in [0.2, 0.25) is 0 Å².